The Bertz CT molecular complexity index is 261. The van der Waals surface area contributed by atoms with E-state index in [4.69, 9.17) is 0 Å². The van der Waals surface area contributed by atoms with Crippen LogP contribution in [0.1, 0.15) is 32.1 Å². The molecule has 0 aliphatic carbocycles. The number of likely N-dealkylation sites (tertiary alicyclic amines) is 1. The van der Waals surface area contributed by atoms with Crippen LogP contribution in [0.15, 0.2) is 0 Å². The molecule has 0 spiro atoms. The lowest BCUT2D eigenvalue weighted by Crippen LogP contribution is -2.43. The van der Waals surface area contributed by atoms with E-state index in [1.165, 1.54) is 19.3 Å². The fourth-order valence-corrected chi connectivity index (χ4v) is 3.03. The van der Waals surface area contributed by atoms with Crippen molar-refractivity contribution in [2.75, 3.05) is 33.7 Å². The van der Waals surface area contributed by atoms with E-state index in [-0.39, 0.29) is 0 Å². The number of amides is 1. The van der Waals surface area contributed by atoms with Crippen molar-refractivity contribution >= 4 is 5.91 Å². The molecule has 2 fully saturated rings. The van der Waals surface area contributed by atoms with E-state index in [0.717, 1.165) is 26.1 Å². The first-order chi connectivity index (χ1) is 8.16. The van der Waals surface area contributed by atoms with Crippen molar-refractivity contribution in [3.05, 3.63) is 0 Å². The van der Waals surface area contributed by atoms with Gasteiger partial charge in [-0.05, 0) is 46.3 Å². The topological polar surface area (TPSA) is 35.6 Å². The molecule has 98 valence electrons. The maximum absolute atomic E-state index is 12.3. The second kappa shape index (κ2) is 5.83. The molecule has 2 aliphatic heterocycles. The minimum absolute atomic E-state index is 0.355. The first kappa shape index (κ1) is 12.8. The first-order valence-electron chi connectivity index (χ1n) is 6.84. The summed E-state index contributed by atoms with van der Waals surface area (Å²) in [5, 5.41) is 3.41. The lowest BCUT2D eigenvalue weighted by molar-refractivity contribution is -0.132. The highest BCUT2D eigenvalue weighted by Gasteiger charge is 2.30. The number of likely N-dealkylation sites (N-methyl/N-ethyl adjacent to an activating group) is 1. The first-order valence-corrected chi connectivity index (χ1v) is 6.84. The highest BCUT2D eigenvalue weighted by molar-refractivity contribution is 5.77. The second-order valence-electron chi connectivity index (χ2n) is 5.64. The molecule has 1 amide bonds. The number of nitrogens with one attached hydrogen (secondary N) is 1. The summed E-state index contributed by atoms with van der Waals surface area (Å²) in [6.07, 6.45) is 5.42. The SMILES string of the molecule is CN(C)CC1CCCN1C(=O)CC1CCCN1. The van der Waals surface area contributed by atoms with Crippen molar-refractivity contribution in [2.24, 2.45) is 0 Å². The number of hydrogen-bond acceptors (Lipinski definition) is 3. The van der Waals surface area contributed by atoms with E-state index in [2.05, 4.69) is 29.2 Å². The fourth-order valence-electron chi connectivity index (χ4n) is 3.03. The number of carbonyl (C=O) groups is 1. The minimum atomic E-state index is 0.355. The van der Waals surface area contributed by atoms with Crippen molar-refractivity contribution in [1.82, 2.24) is 15.1 Å². The Hall–Kier alpha value is -0.610. The maximum atomic E-state index is 12.3. The van der Waals surface area contributed by atoms with Crippen LogP contribution < -0.4 is 5.32 Å². The van der Waals surface area contributed by atoms with E-state index in [1.54, 1.807) is 0 Å². The molecule has 2 aliphatic rings. The molecule has 0 bridgehead atoms. The summed E-state index contributed by atoms with van der Waals surface area (Å²) in [6.45, 7) is 3.05. The normalized spacial score (nSPS) is 29.2. The maximum Gasteiger partial charge on any atom is 0.224 e. The molecule has 2 unspecified atom stereocenters. The third-order valence-electron chi connectivity index (χ3n) is 3.86. The Kier molecular flexibility index (Phi) is 4.40. The Labute approximate surface area is 104 Å². The van der Waals surface area contributed by atoms with E-state index >= 15 is 0 Å². The molecule has 0 saturated carbocycles. The van der Waals surface area contributed by atoms with Gasteiger partial charge < -0.3 is 15.1 Å². The summed E-state index contributed by atoms with van der Waals surface area (Å²) in [6, 6.07) is 0.877. The molecular weight excluding hydrogens is 214 g/mol. The third kappa shape index (κ3) is 3.42. The van der Waals surface area contributed by atoms with Crippen molar-refractivity contribution < 1.29 is 4.79 Å². The van der Waals surface area contributed by atoms with Crippen molar-refractivity contribution in [3.63, 3.8) is 0 Å². The highest BCUT2D eigenvalue weighted by atomic mass is 16.2. The summed E-state index contributed by atoms with van der Waals surface area (Å²) >= 11 is 0. The zero-order valence-corrected chi connectivity index (χ0v) is 11.1. The van der Waals surface area contributed by atoms with E-state index in [1.807, 2.05) is 0 Å². The van der Waals surface area contributed by atoms with Crippen LogP contribution in [-0.4, -0.2) is 61.5 Å². The average Bonchev–Trinajstić information content (AvgIpc) is 2.87. The molecule has 2 atom stereocenters. The molecule has 4 heteroatoms. The molecule has 2 heterocycles. The zero-order chi connectivity index (χ0) is 12.3. The number of rotatable bonds is 4. The van der Waals surface area contributed by atoms with Gasteiger partial charge in [0, 0.05) is 31.6 Å². The molecule has 4 nitrogen and oxygen atoms in total. The van der Waals surface area contributed by atoms with Crippen LogP contribution >= 0.6 is 0 Å². The van der Waals surface area contributed by atoms with E-state index < -0.39 is 0 Å². The van der Waals surface area contributed by atoms with E-state index in [0.29, 0.717) is 24.4 Å². The smallest absolute Gasteiger partial charge is 0.224 e. The summed E-state index contributed by atoms with van der Waals surface area (Å²) in [7, 11) is 4.17. The fraction of sp³-hybridized carbons (Fsp3) is 0.923. The van der Waals surface area contributed by atoms with Gasteiger partial charge in [0.15, 0.2) is 0 Å². The predicted molar refractivity (Wildman–Crippen MR) is 68.9 cm³/mol. The zero-order valence-electron chi connectivity index (χ0n) is 11.1. The molecule has 2 rings (SSSR count). The lowest BCUT2D eigenvalue weighted by atomic mass is 10.1. The lowest BCUT2D eigenvalue weighted by Gasteiger charge is -2.28. The van der Waals surface area contributed by atoms with Crippen molar-refractivity contribution in [1.29, 1.82) is 0 Å². The Morgan fingerprint density at radius 3 is 2.82 bits per heavy atom. The molecule has 0 radical (unpaired) electrons. The molecule has 17 heavy (non-hydrogen) atoms. The average molecular weight is 239 g/mol. The van der Waals surface area contributed by atoms with Crippen LogP contribution in [0.5, 0.6) is 0 Å². The van der Waals surface area contributed by atoms with Gasteiger partial charge in [-0.15, -0.1) is 0 Å². The summed E-state index contributed by atoms with van der Waals surface area (Å²) in [5.74, 6) is 0.355. The van der Waals surface area contributed by atoms with Gasteiger partial charge in [0.2, 0.25) is 5.91 Å². The van der Waals surface area contributed by atoms with Gasteiger partial charge in [-0.25, -0.2) is 0 Å². The number of nitrogens with zero attached hydrogens (tertiary/aromatic N) is 2. The van der Waals surface area contributed by atoms with Crippen molar-refractivity contribution in [2.45, 2.75) is 44.2 Å². The highest BCUT2D eigenvalue weighted by Crippen LogP contribution is 2.20. The van der Waals surface area contributed by atoms with Gasteiger partial charge in [0.1, 0.15) is 0 Å². The second-order valence-corrected chi connectivity index (χ2v) is 5.64. The molecule has 0 aromatic carbocycles. The van der Waals surface area contributed by atoms with Crippen LogP contribution in [0.3, 0.4) is 0 Å². The molecule has 0 aromatic heterocycles. The summed E-state index contributed by atoms with van der Waals surface area (Å²) in [5.41, 5.74) is 0. The molecule has 1 N–H and O–H groups in total. The van der Waals surface area contributed by atoms with Crippen LogP contribution in [-0.2, 0) is 4.79 Å². The Morgan fingerprint density at radius 1 is 1.35 bits per heavy atom. The molecule has 2 saturated heterocycles. The van der Waals surface area contributed by atoms with Crippen LogP contribution in [0.2, 0.25) is 0 Å². The van der Waals surface area contributed by atoms with Gasteiger partial charge in [-0.3, -0.25) is 4.79 Å². The van der Waals surface area contributed by atoms with Crippen LogP contribution in [0, 0.1) is 0 Å². The summed E-state index contributed by atoms with van der Waals surface area (Å²) in [4.78, 5) is 16.6. The monoisotopic (exact) mass is 239 g/mol. The quantitative estimate of drug-likeness (QED) is 0.784. The number of hydrogen-bond donors (Lipinski definition) is 1. The van der Waals surface area contributed by atoms with Crippen LogP contribution in [0.4, 0.5) is 0 Å². The standard InChI is InChI=1S/C13H25N3O/c1-15(2)10-12-6-4-8-16(12)13(17)9-11-5-3-7-14-11/h11-12,14H,3-10H2,1-2H3. The largest absolute Gasteiger partial charge is 0.338 e. The van der Waals surface area contributed by atoms with Gasteiger partial charge in [-0.1, -0.05) is 0 Å². The third-order valence-corrected chi connectivity index (χ3v) is 3.86. The number of carbonyl (C=O) groups excluding carboxylic acids is 1. The van der Waals surface area contributed by atoms with Gasteiger partial charge >= 0.3 is 0 Å². The van der Waals surface area contributed by atoms with Gasteiger partial charge in [0.05, 0.1) is 0 Å². The summed E-state index contributed by atoms with van der Waals surface area (Å²) < 4.78 is 0. The predicted octanol–water partition coefficient (Wildman–Crippen LogP) is 0.681. The Balaban J connectivity index is 1.84. The van der Waals surface area contributed by atoms with Gasteiger partial charge in [0.25, 0.3) is 0 Å². The van der Waals surface area contributed by atoms with Crippen molar-refractivity contribution in [3.8, 4) is 0 Å². The van der Waals surface area contributed by atoms with Gasteiger partial charge in [-0.2, -0.15) is 0 Å². The Morgan fingerprint density at radius 2 is 2.18 bits per heavy atom. The van der Waals surface area contributed by atoms with Crippen LogP contribution in [0.25, 0.3) is 0 Å². The molecular formula is C13H25N3O. The molecule has 0 aromatic rings. The minimum Gasteiger partial charge on any atom is -0.338 e. The van der Waals surface area contributed by atoms with E-state index in [9.17, 15) is 4.79 Å².